The molecule has 0 aliphatic heterocycles. The van der Waals surface area contributed by atoms with Crippen LogP contribution in [0.3, 0.4) is 0 Å². The van der Waals surface area contributed by atoms with E-state index in [1.807, 2.05) is 57.2 Å². The summed E-state index contributed by atoms with van der Waals surface area (Å²) >= 11 is 0. The SMILES string of the molecule is CCCc1c(C(=O)Nc2ccccc2C)c(=O)cc(C)n1Cc1ccncc1. The van der Waals surface area contributed by atoms with Gasteiger partial charge in [-0.3, -0.25) is 14.6 Å². The van der Waals surface area contributed by atoms with Gasteiger partial charge in [-0.1, -0.05) is 31.5 Å². The number of aryl methyl sites for hydroxylation is 2. The number of nitrogens with one attached hydrogen (secondary N) is 1. The first-order valence-electron chi connectivity index (χ1n) is 9.50. The molecule has 144 valence electrons. The highest BCUT2D eigenvalue weighted by atomic mass is 16.2. The van der Waals surface area contributed by atoms with Crippen molar-refractivity contribution in [3.8, 4) is 0 Å². The molecule has 0 aliphatic carbocycles. The first-order valence-corrected chi connectivity index (χ1v) is 9.50. The summed E-state index contributed by atoms with van der Waals surface area (Å²) < 4.78 is 2.06. The van der Waals surface area contributed by atoms with Crippen LogP contribution in [0.1, 0.15) is 46.2 Å². The fourth-order valence-electron chi connectivity index (χ4n) is 3.36. The smallest absolute Gasteiger partial charge is 0.261 e. The third-order valence-corrected chi connectivity index (χ3v) is 4.82. The molecule has 0 unspecified atom stereocenters. The second kappa shape index (κ2) is 8.65. The summed E-state index contributed by atoms with van der Waals surface area (Å²) in [4.78, 5) is 29.9. The van der Waals surface area contributed by atoms with Crippen molar-refractivity contribution in [1.82, 2.24) is 9.55 Å². The molecule has 2 heterocycles. The summed E-state index contributed by atoms with van der Waals surface area (Å²) in [6.07, 6.45) is 4.99. The second-order valence-electron chi connectivity index (χ2n) is 6.93. The Balaban J connectivity index is 2.07. The molecule has 1 aromatic carbocycles. The van der Waals surface area contributed by atoms with Gasteiger partial charge >= 0.3 is 0 Å². The summed E-state index contributed by atoms with van der Waals surface area (Å²) in [7, 11) is 0. The summed E-state index contributed by atoms with van der Waals surface area (Å²) in [6, 6.07) is 13.0. The third-order valence-electron chi connectivity index (χ3n) is 4.82. The molecule has 5 heteroatoms. The largest absolute Gasteiger partial charge is 0.343 e. The molecule has 3 aromatic rings. The molecular weight excluding hydrogens is 350 g/mol. The van der Waals surface area contributed by atoms with Gasteiger partial charge in [-0.15, -0.1) is 0 Å². The van der Waals surface area contributed by atoms with Gasteiger partial charge in [0.15, 0.2) is 5.43 Å². The van der Waals surface area contributed by atoms with Crippen LogP contribution < -0.4 is 10.7 Å². The molecule has 0 spiro atoms. The van der Waals surface area contributed by atoms with Gasteiger partial charge in [0.25, 0.3) is 5.91 Å². The molecule has 2 aromatic heterocycles. The maximum Gasteiger partial charge on any atom is 0.261 e. The zero-order valence-electron chi connectivity index (χ0n) is 16.5. The van der Waals surface area contributed by atoms with Crippen LogP contribution in [-0.2, 0) is 13.0 Å². The number of hydrogen-bond acceptors (Lipinski definition) is 3. The Morgan fingerprint density at radius 2 is 1.82 bits per heavy atom. The van der Waals surface area contributed by atoms with Gasteiger partial charge in [0.1, 0.15) is 5.56 Å². The van der Waals surface area contributed by atoms with Crippen LogP contribution in [0.25, 0.3) is 0 Å². The average Bonchev–Trinajstić information content (AvgIpc) is 2.67. The molecular formula is C23H25N3O2. The van der Waals surface area contributed by atoms with E-state index in [1.54, 1.807) is 18.5 Å². The van der Waals surface area contributed by atoms with Crippen LogP contribution in [0.2, 0.25) is 0 Å². The predicted octanol–water partition coefficient (Wildman–Crippen LogP) is 4.11. The minimum atomic E-state index is -0.355. The van der Waals surface area contributed by atoms with Crippen molar-refractivity contribution in [3.63, 3.8) is 0 Å². The molecule has 0 radical (unpaired) electrons. The van der Waals surface area contributed by atoms with Crippen molar-refractivity contribution < 1.29 is 4.79 Å². The Morgan fingerprint density at radius 3 is 2.50 bits per heavy atom. The van der Waals surface area contributed by atoms with Crippen molar-refractivity contribution in [1.29, 1.82) is 0 Å². The summed E-state index contributed by atoms with van der Waals surface area (Å²) in [6.45, 7) is 6.48. The van der Waals surface area contributed by atoms with Crippen molar-refractivity contribution in [2.24, 2.45) is 0 Å². The molecule has 3 rings (SSSR count). The second-order valence-corrected chi connectivity index (χ2v) is 6.93. The van der Waals surface area contributed by atoms with E-state index in [2.05, 4.69) is 14.9 Å². The predicted molar refractivity (Wildman–Crippen MR) is 112 cm³/mol. The summed E-state index contributed by atoms with van der Waals surface area (Å²) in [5, 5.41) is 2.91. The fraction of sp³-hybridized carbons (Fsp3) is 0.261. The number of rotatable bonds is 6. The number of benzene rings is 1. The Labute approximate surface area is 165 Å². The van der Waals surface area contributed by atoms with Crippen LogP contribution in [0.5, 0.6) is 0 Å². The number of para-hydroxylation sites is 1. The lowest BCUT2D eigenvalue weighted by molar-refractivity contribution is 0.102. The van der Waals surface area contributed by atoms with Crippen molar-refractivity contribution in [3.05, 3.63) is 93.2 Å². The van der Waals surface area contributed by atoms with Crippen LogP contribution in [0, 0.1) is 13.8 Å². The number of hydrogen-bond donors (Lipinski definition) is 1. The van der Waals surface area contributed by atoms with E-state index in [9.17, 15) is 9.59 Å². The highest BCUT2D eigenvalue weighted by Crippen LogP contribution is 2.18. The molecule has 0 aliphatic rings. The standard InChI is InChI=1S/C23H25N3O2/c1-4-7-20-22(23(28)25-19-9-6-5-8-16(19)2)21(27)14-17(3)26(20)15-18-10-12-24-13-11-18/h5-6,8-14H,4,7,15H2,1-3H3,(H,25,28). The Morgan fingerprint density at radius 1 is 1.11 bits per heavy atom. The fourth-order valence-corrected chi connectivity index (χ4v) is 3.36. The highest BCUT2D eigenvalue weighted by molar-refractivity contribution is 6.05. The topological polar surface area (TPSA) is 64.0 Å². The van der Waals surface area contributed by atoms with E-state index in [1.165, 1.54) is 0 Å². The van der Waals surface area contributed by atoms with Gasteiger partial charge in [-0.2, -0.15) is 0 Å². The Kier molecular flexibility index (Phi) is 6.04. The number of nitrogens with zero attached hydrogens (tertiary/aromatic N) is 2. The molecule has 5 nitrogen and oxygen atoms in total. The molecule has 0 saturated carbocycles. The average molecular weight is 375 g/mol. The van der Waals surface area contributed by atoms with Gasteiger partial charge in [-0.25, -0.2) is 0 Å². The first-order chi connectivity index (χ1) is 13.5. The minimum Gasteiger partial charge on any atom is -0.343 e. The minimum absolute atomic E-state index is 0.227. The number of aromatic nitrogens is 2. The Bertz CT molecular complexity index is 1040. The maximum atomic E-state index is 13.1. The Hall–Kier alpha value is -3.21. The number of anilines is 1. The zero-order chi connectivity index (χ0) is 20.1. The molecule has 28 heavy (non-hydrogen) atoms. The van der Waals surface area contributed by atoms with E-state index >= 15 is 0 Å². The van der Waals surface area contributed by atoms with E-state index in [0.717, 1.165) is 34.6 Å². The quantitative estimate of drug-likeness (QED) is 0.705. The normalized spacial score (nSPS) is 10.7. The van der Waals surface area contributed by atoms with Crippen molar-refractivity contribution >= 4 is 11.6 Å². The van der Waals surface area contributed by atoms with Gasteiger partial charge in [0.05, 0.1) is 0 Å². The van der Waals surface area contributed by atoms with Gasteiger partial charge in [0.2, 0.25) is 0 Å². The molecule has 0 saturated heterocycles. The monoisotopic (exact) mass is 375 g/mol. The first kappa shape index (κ1) is 19.5. The lowest BCUT2D eigenvalue weighted by Gasteiger charge is -2.20. The van der Waals surface area contributed by atoms with Crippen LogP contribution >= 0.6 is 0 Å². The van der Waals surface area contributed by atoms with E-state index in [-0.39, 0.29) is 16.9 Å². The molecule has 0 atom stereocenters. The molecule has 0 fully saturated rings. The van der Waals surface area contributed by atoms with Crippen LogP contribution in [0.15, 0.2) is 59.7 Å². The molecule has 0 bridgehead atoms. The number of carbonyl (C=O) groups is 1. The van der Waals surface area contributed by atoms with Gasteiger partial charge < -0.3 is 9.88 Å². The summed E-state index contributed by atoms with van der Waals surface area (Å²) in [5.74, 6) is -0.355. The number of amides is 1. The van der Waals surface area contributed by atoms with E-state index in [4.69, 9.17) is 0 Å². The zero-order valence-corrected chi connectivity index (χ0v) is 16.5. The van der Waals surface area contributed by atoms with E-state index < -0.39 is 0 Å². The number of pyridine rings is 2. The van der Waals surface area contributed by atoms with Gasteiger partial charge in [-0.05, 0) is 49.6 Å². The van der Waals surface area contributed by atoms with E-state index in [0.29, 0.717) is 13.0 Å². The third kappa shape index (κ3) is 4.19. The van der Waals surface area contributed by atoms with Crippen LogP contribution in [0.4, 0.5) is 5.69 Å². The van der Waals surface area contributed by atoms with Crippen molar-refractivity contribution in [2.45, 2.75) is 40.2 Å². The molecule has 1 amide bonds. The maximum absolute atomic E-state index is 13.1. The van der Waals surface area contributed by atoms with Gasteiger partial charge in [0, 0.05) is 42.1 Å². The highest BCUT2D eigenvalue weighted by Gasteiger charge is 2.20. The number of carbonyl (C=O) groups excluding carboxylic acids is 1. The summed E-state index contributed by atoms with van der Waals surface area (Å²) in [5.41, 5.74) is 4.35. The lowest BCUT2D eigenvalue weighted by atomic mass is 10.0. The van der Waals surface area contributed by atoms with Crippen LogP contribution in [-0.4, -0.2) is 15.5 Å². The lowest BCUT2D eigenvalue weighted by Crippen LogP contribution is -2.28. The van der Waals surface area contributed by atoms with Crippen molar-refractivity contribution in [2.75, 3.05) is 5.32 Å². The molecule has 1 N–H and O–H groups in total.